The van der Waals surface area contributed by atoms with Crippen LogP contribution in [0.4, 0.5) is 11.4 Å². The van der Waals surface area contributed by atoms with Crippen LogP contribution in [0.3, 0.4) is 0 Å². The van der Waals surface area contributed by atoms with Gasteiger partial charge in [0.05, 0.1) is 11.5 Å². The number of carbonyl (C=O) groups excluding carboxylic acids is 1. The Labute approximate surface area is 154 Å². The van der Waals surface area contributed by atoms with Crippen molar-refractivity contribution in [3.8, 4) is 0 Å². The first-order valence-corrected chi connectivity index (χ1v) is 10.4. The number of benzene rings is 1. The van der Waals surface area contributed by atoms with Crippen LogP contribution in [0.2, 0.25) is 0 Å². The maximum absolute atomic E-state index is 12.4. The summed E-state index contributed by atoms with van der Waals surface area (Å²) in [6.45, 7) is 6.14. The van der Waals surface area contributed by atoms with Gasteiger partial charge in [-0.15, -0.1) is 0 Å². The van der Waals surface area contributed by atoms with Crippen LogP contribution in [0, 0.1) is 20.8 Å². The molecule has 1 aromatic heterocycles. The summed E-state index contributed by atoms with van der Waals surface area (Å²) in [5.74, 6) is -0.231. The molecule has 138 valence electrons. The molecular formula is C19H23N3O3S. The average Bonchev–Trinajstić information content (AvgIpc) is 2.90. The number of sulfone groups is 1. The Bertz CT molecular complexity index is 931. The highest BCUT2D eigenvalue weighted by atomic mass is 32.2. The Morgan fingerprint density at radius 3 is 2.46 bits per heavy atom. The molecule has 0 saturated carbocycles. The summed E-state index contributed by atoms with van der Waals surface area (Å²) in [5, 5.41) is 6.12. The van der Waals surface area contributed by atoms with Crippen molar-refractivity contribution in [3.05, 3.63) is 52.8 Å². The van der Waals surface area contributed by atoms with Gasteiger partial charge in [-0.2, -0.15) is 0 Å². The minimum absolute atomic E-state index is 0.00155. The summed E-state index contributed by atoms with van der Waals surface area (Å²) in [5.41, 5.74) is 5.49. The van der Waals surface area contributed by atoms with Crippen LogP contribution in [0.1, 0.15) is 33.6 Å². The third-order valence-electron chi connectivity index (χ3n) is 4.51. The Morgan fingerprint density at radius 2 is 1.85 bits per heavy atom. The number of aryl methyl sites for hydroxylation is 3. The van der Waals surface area contributed by atoms with Crippen LogP contribution >= 0.6 is 0 Å². The average molecular weight is 373 g/mol. The van der Waals surface area contributed by atoms with Crippen LogP contribution in [0.15, 0.2) is 30.5 Å². The van der Waals surface area contributed by atoms with Crippen LogP contribution in [0.5, 0.6) is 0 Å². The van der Waals surface area contributed by atoms with Gasteiger partial charge in [0.1, 0.15) is 5.69 Å². The van der Waals surface area contributed by atoms with E-state index in [-0.39, 0.29) is 29.1 Å². The molecule has 1 aliphatic rings. The lowest BCUT2D eigenvalue weighted by molar-refractivity contribution is 0.0936. The summed E-state index contributed by atoms with van der Waals surface area (Å²) in [4.78, 5) is 16.5. The van der Waals surface area contributed by atoms with Crippen molar-refractivity contribution in [2.75, 3.05) is 16.8 Å². The van der Waals surface area contributed by atoms with E-state index in [0.717, 1.165) is 22.5 Å². The van der Waals surface area contributed by atoms with Gasteiger partial charge < -0.3 is 10.6 Å². The highest BCUT2D eigenvalue weighted by Gasteiger charge is 2.29. The van der Waals surface area contributed by atoms with E-state index in [1.54, 1.807) is 18.3 Å². The van der Waals surface area contributed by atoms with Crippen LogP contribution in [-0.2, 0) is 9.84 Å². The maximum Gasteiger partial charge on any atom is 0.270 e. The van der Waals surface area contributed by atoms with Gasteiger partial charge in [0.25, 0.3) is 5.91 Å². The van der Waals surface area contributed by atoms with Crippen molar-refractivity contribution in [1.29, 1.82) is 0 Å². The van der Waals surface area contributed by atoms with Crippen molar-refractivity contribution in [3.63, 3.8) is 0 Å². The van der Waals surface area contributed by atoms with Crippen molar-refractivity contribution in [2.24, 2.45) is 0 Å². The first kappa shape index (κ1) is 18.4. The van der Waals surface area contributed by atoms with Crippen molar-refractivity contribution >= 4 is 27.1 Å². The number of carbonyl (C=O) groups is 1. The Kier molecular flexibility index (Phi) is 5.00. The number of hydrogen-bond donors (Lipinski definition) is 2. The van der Waals surface area contributed by atoms with Gasteiger partial charge in [-0.3, -0.25) is 9.78 Å². The molecule has 1 fully saturated rings. The van der Waals surface area contributed by atoms with Gasteiger partial charge in [0.2, 0.25) is 0 Å². The Hall–Kier alpha value is -2.41. The van der Waals surface area contributed by atoms with Crippen molar-refractivity contribution < 1.29 is 13.2 Å². The molecule has 1 amide bonds. The van der Waals surface area contributed by atoms with Gasteiger partial charge in [0, 0.05) is 23.6 Å². The molecular weight excluding hydrogens is 350 g/mol. The zero-order valence-corrected chi connectivity index (χ0v) is 16.0. The molecule has 6 nitrogen and oxygen atoms in total. The molecule has 1 aromatic carbocycles. The first-order valence-electron chi connectivity index (χ1n) is 8.56. The SMILES string of the molecule is Cc1cc(C)c(Nc2ccnc(C(=O)NC3CCS(=O)(=O)C3)c2)c(C)c1. The number of rotatable bonds is 4. The van der Waals surface area contributed by atoms with Crippen molar-refractivity contribution in [2.45, 2.75) is 33.2 Å². The first-order chi connectivity index (χ1) is 12.2. The molecule has 7 heteroatoms. The van der Waals surface area contributed by atoms with E-state index < -0.39 is 9.84 Å². The summed E-state index contributed by atoms with van der Waals surface area (Å²) in [6, 6.07) is 7.34. The second-order valence-electron chi connectivity index (χ2n) is 6.90. The van der Waals surface area contributed by atoms with Gasteiger partial charge in [-0.05, 0) is 50.5 Å². The lowest BCUT2D eigenvalue weighted by Crippen LogP contribution is -2.36. The minimum Gasteiger partial charge on any atom is -0.355 e. The Morgan fingerprint density at radius 1 is 1.15 bits per heavy atom. The highest BCUT2D eigenvalue weighted by molar-refractivity contribution is 7.91. The van der Waals surface area contributed by atoms with Crippen molar-refractivity contribution in [1.82, 2.24) is 10.3 Å². The fraction of sp³-hybridized carbons (Fsp3) is 0.368. The highest BCUT2D eigenvalue weighted by Crippen LogP contribution is 2.26. The molecule has 26 heavy (non-hydrogen) atoms. The molecule has 0 spiro atoms. The number of nitrogens with one attached hydrogen (secondary N) is 2. The van der Waals surface area contributed by atoms with Crippen LogP contribution in [-0.4, -0.2) is 36.9 Å². The summed E-state index contributed by atoms with van der Waals surface area (Å²) in [7, 11) is -3.03. The lowest BCUT2D eigenvalue weighted by Gasteiger charge is -2.15. The van der Waals surface area contributed by atoms with E-state index in [9.17, 15) is 13.2 Å². The summed E-state index contributed by atoms with van der Waals surface area (Å²) >= 11 is 0. The smallest absolute Gasteiger partial charge is 0.270 e. The topological polar surface area (TPSA) is 88.2 Å². The number of amides is 1. The third-order valence-corrected chi connectivity index (χ3v) is 6.27. The standard InChI is InChI=1S/C19H23N3O3S/c1-12-8-13(2)18(14(3)9-12)21-15-4-6-20-17(10-15)19(23)22-16-5-7-26(24,25)11-16/h4,6,8-10,16H,5,7,11H2,1-3H3,(H,20,21)(H,22,23). The normalized spacial score (nSPS) is 18.5. The quantitative estimate of drug-likeness (QED) is 0.860. The molecule has 1 saturated heterocycles. The summed E-state index contributed by atoms with van der Waals surface area (Å²) < 4.78 is 23.1. The fourth-order valence-corrected chi connectivity index (χ4v) is 5.00. The molecule has 2 aromatic rings. The van der Waals surface area contributed by atoms with E-state index in [0.29, 0.717) is 6.42 Å². The minimum atomic E-state index is -3.03. The van der Waals surface area contributed by atoms with Gasteiger partial charge in [-0.1, -0.05) is 17.7 Å². The van der Waals surface area contributed by atoms with E-state index in [1.807, 2.05) is 13.8 Å². The molecule has 1 aliphatic heterocycles. The van der Waals surface area contributed by atoms with E-state index in [2.05, 4.69) is 34.7 Å². The number of aromatic nitrogens is 1. The number of nitrogens with zero attached hydrogens (tertiary/aromatic N) is 1. The second-order valence-corrected chi connectivity index (χ2v) is 9.13. The predicted octanol–water partition coefficient (Wildman–Crippen LogP) is 2.67. The molecule has 1 atom stereocenters. The Balaban J connectivity index is 1.75. The molecule has 0 aliphatic carbocycles. The molecule has 2 N–H and O–H groups in total. The molecule has 2 heterocycles. The lowest BCUT2D eigenvalue weighted by atomic mass is 10.0. The number of hydrogen-bond acceptors (Lipinski definition) is 5. The van der Waals surface area contributed by atoms with Gasteiger partial charge >= 0.3 is 0 Å². The molecule has 3 rings (SSSR count). The molecule has 0 radical (unpaired) electrons. The number of anilines is 2. The number of pyridine rings is 1. The van der Waals surface area contributed by atoms with E-state index in [1.165, 1.54) is 5.56 Å². The predicted molar refractivity (Wildman–Crippen MR) is 103 cm³/mol. The third kappa shape index (κ3) is 4.22. The van der Waals surface area contributed by atoms with Gasteiger partial charge in [-0.25, -0.2) is 8.42 Å². The molecule has 1 unspecified atom stereocenters. The van der Waals surface area contributed by atoms with E-state index >= 15 is 0 Å². The maximum atomic E-state index is 12.4. The monoisotopic (exact) mass is 373 g/mol. The van der Waals surface area contributed by atoms with E-state index in [4.69, 9.17) is 0 Å². The molecule has 0 bridgehead atoms. The van der Waals surface area contributed by atoms with Crippen LogP contribution < -0.4 is 10.6 Å². The second kappa shape index (κ2) is 7.07. The summed E-state index contributed by atoms with van der Waals surface area (Å²) in [6.07, 6.45) is 2.02. The fourth-order valence-electron chi connectivity index (χ4n) is 3.32. The van der Waals surface area contributed by atoms with Crippen LogP contribution in [0.25, 0.3) is 0 Å². The largest absolute Gasteiger partial charge is 0.355 e. The zero-order chi connectivity index (χ0) is 18.9. The van der Waals surface area contributed by atoms with Gasteiger partial charge in [0.15, 0.2) is 9.84 Å². The zero-order valence-electron chi connectivity index (χ0n) is 15.2.